The lowest BCUT2D eigenvalue weighted by atomic mass is 9.82. The average molecular weight is 371 g/mol. The van der Waals surface area contributed by atoms with Crippen molar-refractivity contribution in [1.29, 1.82) is 0 Å². The standard InChI is InChI=1S/C21H25NO5/c1-14(2)27-18-12-16(26-4)10-11-17(18)19(23)22-13-21(3,20(24)25)15-8-6-5-7-9-15/h5-12,14H,13H2,1-4H3,(H,22,23)(H,24,25). The molecule has 0 spiro atoms. The van der Waals surface area contributed by atoms with E-state index in [1.807, 2.05) is 19.9 Å². The highest BCUT2D eigenvalue weighted by atomic mass is 16.5. The number of methoxy groups -OCH3 is 1. The van der Waals surface area contributed by atoms with Gasteiger partial charge >= 0.3 is 5.97 Å². The van der Waals surface area contributed by atoms with Gasteiger partial charge < -0.3 is 19.9 Å². The Hall–Kier alpha value is -3.02. The molecule has 0 aliphatic carbocycles. The Morgan fingerprint density at radius 2 is 1.81 bits per heavy atom. The Balaban J connectivity index is 2.25. The van der Waals surface area contributed by atoms with E-state index in [0.29, 0.717) is 22.6 Å². The molecule has 0 saturated carbocycles. The molecule has 0 bridgehead atoms. The van der Waals surface area contributed by atoms with Crippen LogP contribution >= 0.6 is 0 Å². The van der Waals surface area contributed by atoms with Gasteiger partial charge in [0.2, 0.25) is 0 Å². The number of carboxylic acids is 1. The Morgan fingerprint density at radius 1 is 1.15 bits per heavy atom. The van der Waals surface area contributed by atoms with E-state index in [1.165, 1.54) is 7.11 Å². The molecule has 0 saturated heterocycles. The van der Waals surface area contributed by atoms with Crippen LogP contribution in [0.15, 0.2) is 48.5 Å². The molecule has 0 heterocycles. The Labute approximate surface area is 159 Å². The molecular formula is C21H25NO5. The first-order valence-corrected chi connectivity index (χ1v) is 8.69. The highest BCUT2D eigenvalue weighted by Gasteiger charge is 2.35. The van der Waals surface area contributed by atoms with Gasteiger partial charge in [0.15, 0.2) is 0 Å². The van der Waals surface area contributed by atoms with E-state index in [9.17, 15) is 14.7 Å². The van der Waals surface area contributed by atoms with Gasteiger partial charge in [0.1, 0.15) is 16.9 Å². The maximum Gasteiger partial charge on any atom is 0.315 e. The highest BCUT2D eigenvalue weighted by molar-refractivity contribution is 5.97. The minimum absolute atomic E-state index is 0.0572. The monoisotopic (exact) mass is 371 g/mol. The van der Waals surface area contributed by atoms with Crippen molar-refractivity contribution in [2.75, 3.05) is 13.7 Å². The summed E-state index contributed by atoms with van der Waals surface area (Å²) >= 11 is 0. The number of benzene rings is 2. The van der Waals surface area contributed by atoms with E-state index in [2.05, 4.69) is 5.32 Å². The quantitative estimate of drug-likeness (QED) is 0.744. The highest BCUT2D eigenvalue weighted by Crippen LogP contribution is 2.27. The zero-order chi connectivity index (χ0) is 20.0. The van der Waals surface area contributed by atoms with Crippen LogP contribution in [0.3, 0.4) is 0 Å². The minimum Gasteiger partial charge on any atom is -0.497 e. The second-order valence-corrected chi connectivity index (χ2v) is 6.71. The van der Waals surface area contributed by atoms with E-state index in [-0.39, 0.29) is 12.6 Å². The fourth-order valence-corrected chi connectivity index (χ4v) is 2.63. The molecule has 0 aliphatic heterocycles. The Kier molecular flexibility index (Phi) is 6.45. The number of carbonyl (C=O) groups is 2. The fourth-order valence-electron chi connectivity index (χ4n) is 2.63. The van der Waals surface area contributed by atoms with E-state index in [4.69, 9.17) is 9.47 Å². The first kappa shape index (κ1) is 20.3. The summed E-state index contributed by atoms with van der Waals surface area (Å²) in [6.45, 7) is 5.25. The summed E-state index contributed by atoms with van der Waals surface area (Å²) < 4.78 is 10.9. The van der Waals surface area contributed by atoms with Crippen LogP contribution in [0, 0.1) is 0 Å². The third kappa shape index (κ3) is 4.78. The van der Waals surface area contributed by atoms with Crippen LogP contribution in [-0.2, 0) is 10.2 Å². The molecule has 1 atom stereocenters. The molecule has 2 N–H and O–H groups in total. The third-order valence-corrected chi connectivity index (χ3v) is 4.28. The van der Waals surface area contributed by atoms with Crippen molar-refractivity contribution in [1.82, 2.24) is 5.32 Å². The number of rotatable bonds is 8. The van der Waals surface area contributed by atoms with Gasteiger partial charge in [-0.3, -0.25) is 9.59 Å². The van der Waals surface area contributed by atoms with Crippen molar-refractivity contribution in [2.24, 2.45) is 0 Å². The number of carbonyl (C=O) groups excluding carboxylic acids is 1. The lowest BCUT2D eigenvalue weighted by Gasteiger charge is -2.26. The smallest absolute Gasteiger partial charge is 0.315 e. The van der Waals surface area contributed by atoms with Crippen molar-refractivity contribution in [3.63, 3.8) is 0 Å². The molecule has 2 aromatic carbocycles. The number of nitrogens with one attached hydrogen (secondary N) is 1. The zero-order valence-corrected chi connectivity index (χ0v) is 16.0. The number of aliphatic carboxylic acids is 1. The van der Waals surface area contributed by atoms with Gasteiger partial charge in [0, 0.05) is 12.6 Å². The molecular weight excluding hydrogens is 346 g/mol. The summed E-state index contributed by atoms with van der Waals surface area (Å²) in [4.78, 5) is 24.6. The lowest BCUT2D eigenvalue weighted by Crippen LogP contribution is -2.44. The summed E-state index contributed by atoms with van der Waals surface area (Å²) in [6, 6.07) is 13.7. The summed E-state index contributed by atoms with van der Waals surface area (Å²) in [5, 5.41) is 12.4. The van der Waals surface area contributed by atoms with Gasteiger partial charge in [0.25, 0.3) is 5.91 Å². The molecule has 1 amide bonds. The summed E-state index contributed by atoms with van der Waals surface area (Å²) in [6.07, 6.45) is -0.128. The third-order valence-electron chi connectivity index (χ3n) is 4.28. The Bertz CT molecular complexity index is 803. The molecule has 6 nitrogen and oxygen atoms in total. The predicted molar refractivity (Wildman–Crippen MR) is 103 cm³/mol. The molecule has 6 heteroatoms. The van der Waals surface area contributed by atoms with Crippen LogP contribution in [0.2, 0.25) is 0 Å². The van der Waals surface area contributed by atoms with E-state index in [0.717, 1.165) is 0 Å². The molecule has 144 valence electrons. The van der Waals surface area contributed by atoms with Crippen molar-refractivity contribution >= 4 is 11.9 Å². The minimum atomic E-state index is -1.25. The van der Waals surface area contributed by atoms with Crippen LogP contribution in [-0.4, -0.2) is 36.7 Å². The molecule has 27 heavy (non-hydrogen) atoms. The number of ether oxygens (including phenoxy) is 2. The summed E-state index contributed by atoms with van der Waals surface area (Å²) in [7, 11) is 1.53. The average Bonchev–Trinajstić information content (AvgIpc) is 2.65. The largest absolute Gasteiger partial charge is 0.497 e. The molecule has 0 aromatic heterocycles. The van der Waals surface area contributed by atoms with Crippen LogP contribution in [0.4, 0.5) is 0 Å². The van der Waals surface area contributed by atoms with Gasteiger partial charge in [-0.05, 0) is 38.5 Å². The Morgan fingerprint density at radius 3 is 2.37 bits per heavy atom. The molecule has 1 unspecified atom stereocenters. The van der Waals surface area contributed by atoms with Crippen molar-refractivity contribution in [3.8, 4) is 11.5 Å². The normalized spacial score (nSPS) is 12.9. The second-order valence-electron chi connectivity index (χ2n) is 6.71. The van der Waals surface area contributed by atoms with E-state index < -0.39 is 17.3 Å². The van der Waals surface area contributed by atoms with Crippen molar-refractivity contribution in [2.45, 2.75) is 32.3 Å². The van der Waals surface area contributed by atoms with Gasteiger partial charge in [-0.1, -0.05) is 30.3 Å². The SMILES string of the molecule is COc1ccc(C(=O)NCC(C)(C(=O)O)c2ccccc2)c(OC(C)C)c1. The van der Waals surface area contributed by atoms with Gasteiger partial charge in [-0.15, -0.1) is 0 Å². The van der Waals surface area contributed by atoms with Crippen LogP contribution in [0.25, 0.3) is 0 Å². The fraction of sp³-hybridized carbons (Fsp3) is 0.333. The van der Waals surface area contributed by atoms with Crippen LogP contribution in [0.5, 0.6) is 11.5 Å². The van der Waals surface area contributed by atoms with E-state index in [1.54, 1.807) is 49.4 Å². The summed E-state index contributed by atoms with van der Waals surface area (Å²) in [5.41, 5.74) is -0.306. The van der Waals surface area contributed by atoms with Crippen molar-refractivity contribution < 1.29 is 24.2 Å². The molecule has 2 rings (SSSR count). The number of amides is 1. The second kappa shape index (κ2) is 8.58. The zero-order valence-electron chi connectivity index (χ0n) is 16.0. The van der Waals surface area contributed by atoms with Gasteiger partial charge in [-0.2, -0.15) is 0 Å². The van der Waals surface area contributed by atoms with Crippen LogP contribution in [0.1, 0.15) is 36.7 Å². The molecule has 2 aromatic rings. The predicted octanol–water partition coefficient (Wildman–Crippen LogP) is 3.25. The van der Waals surface area contributed by atoms with Gasteiger partial charge in [0.05, 0.1) is 18.8 Å². The summed E-state index contributed by atoms with van der Waals surface area (Å²) in [5.74, 6) is -0.459. The van der Waals surface area contributed by atoms with Crippen LogP contribution < -0.4 is 14.8 Å². The molecule has 0 fully saturated rings. The van der Waals surface area contributed by atoms with E-state index >= 15 is 0 Å². The maximum atomic E-state index is 12.7. The first-order chi connectivity index (χ1) is 12.8. The van der Waals surface area contributed by atoms with Gasteiger partial charge in [-0.25, -0.2) is 0 Å². The number of hydrogen-bond donors (Lipinski definition) is 2. The maximum absolute atomic E-state index is 12.7. The number of carboxylic acid groups (broad SMARTS) is 1. The number of hydrogen-bond acceptors (Lipinski definition) is 4. The lowest BCUT2D eigenvalue weighted by molar-refractivity contribution is -0.142. The molecule has 0 aliphatic rings. The van der Waals surface area contributed by atoms with Crippen molar-refractivity contribution in [3.05, 3.63) is 59.7 Å². The molecule has 0 radical (unpaired) electrons. The topological polar surface area (TPSA) is 84.9 Å². The first-order valence-electron chi connectivity index (χ1n) is 8.69.